The van der Waals surface area contributed by atoms with Gasteiger partial charge in [-0.15, -0.1) is 0 Å². The molecule has 2 aromatic rings. The fourth-order valence-corrected chi connectivity index (χ4v) is 4.10. The molecule has 0 fully saturated rings. The third-order valence-electron chi connectivity index (χ3n) is 6.16. The third-order valence-corrected chi connectivity index (χ3v) is 6.16. The van der Waals surface area contributed by atoms with Gasteiger partial charge in [0.25, 0.3) is 5.91 Å². The SMILES string of the molecule is Cc1cc(C2=NO[C@](C)(C(F)(F)F)C2)ccc1C(=O)NCc1ccc2c(c1)B(O)OC2(C)C. The highest BCUT2D eigenvalue weighted by molar-refractivity contribution is 6.62. The van der Waals surface area contributed by atoms with Crippen LogP contribution < -0.4 is 10.8 Å². The average Bonchev–Trinajstić information content (AvgIpc) is 3.24. The summed E-state index contributed by atoms with van der Waals surface area (Å²) in [7, 11) is -1.01. The van der Waals surface area contributed by atoms with Crippen molar-refractivity contribution in [1.29, 1.82) is 0 Å². The monoisotopic (exact) mass is 460 g/mol. The molecule has 0 radical (unpaired) electrons. The Balaban J connectivity index is 1.44. The molecule has 0 bridgehead atoms. The summed E-state index contributed by atoms with van der Waals surface area (Å²) in [6.45, 7) is 6.67. The topological polar surface area (TPSA) is 80.2 Å². The molecule has 4 rings (SSSR count). The van der Waals surface area contributed by atoms with Gasteiger partial charge in [0.05, 0.1) is 11.3 Å². The second-order valence-electron chi connectivity index (χ2n) is 9.15. The van der Waals surface area contributed by atoms with Crippen LogP contribution in [0.5, 0.6) is 0 Å². The maximum Gasteiger partial charge on any atom is 0.492 e. The Morgan fingerprint density at radius 1 is 1.21 bits per heavy atom. The molecule has 1 atom stereocenters. The number of nitrogens with one attached hydrogen (secondary N) is 1. The van der Waals surface area contributed by atoms with Crippen LogP contribution in [0.15, 0.2) is 41.6 Å². The molecule has 174 valence electrons. The van der Waals surface area contributed by atoms with E-state index in [9.17, 15) is 23.0 Å². The summed E-state index contributed by atoms with van der Waals surface area (Å²) in [6, 6.07) is 10.3. The van der Waals surface area contributed by atoms with Gasteiger partial charge in [0.2, 0.25) is 5.60 Å². The minimum atomic E-state index is -4.54. The van der Waals surface area contributed by atoms with Gasteiger partial charge in [-0.1, -0.05) is 29.4 Å². The molecule has 10 heteroatoms. The minimum absolute atomic E-state index is 0.187. The third kappa shape index (κ3) is 4.25. The molecule has 33 heavy (non-hydrogen) atoms. The van der Waals surface area contributed by atoms with E-state index in [-0.39, 0.29) is 18.2 Å². The maximum absolute atomic E-state index is 13.2. The Morgan fingerprint density at radius 2 is 1.94 bits per heavy atom. The Hall–Kier alpha value is -2.85. The summed E-state index contributed by atoms with van der Waals surface area (Å²) < 4.78 is 45.1. The number of carbonyl (C=O) groups excluding carboxylic acids is 1. The second kappa shape index (κ2) is 7.88. The molecule has 2 aliphatic rings. The van der Waals surface area contributed by atoms with Gasteiger partial charge in [-0.05, 0) is 67.5 Å². The van der Waals surface area contributed by atoms with E-state index in [0.717, 1.165) is 18.1 Å². The molecule has 1 amide bonds. The van der Waals surface area contributed by atoms with Crippen molar-refractivity contribution in [2.45, 2.75) is 58.0 Å². The summed E-state index contributed by atoms with van der Waals surface area (Å²) in [4.78, 5) is 17.4. The van der Waals surface area contributed by atoms with Gasteiger partial charge in [-0.3, -0.25) is 4.79 Å². The number of fused-ring (bicyclic) bond motifs is 1. The Labute approximate surface area is 189 Å². The molecular formula is C23H24BF3N2O4. The fourth-order valence-electron chi connectivity index (χ4n) is 4.10. The molecule has 0 saturated carbocycles. The number of carbonyl (C=O) groups is 1. The quantitative estimate of drug-likeness (QED) is 0.687. The first-order valence-corrected chi connectivity index (χ1v) is 10.5. The highest BCUT2D eigenvalue weighted by Gasteiger charge is 2.57. The van der Waals surface area contributed by atoms with Crippen LogP contribution in [0.2, 0.25) is 0 Å². The van der Waals surface area contributed by atoms with E-state index < -0.39 is 30.9 Å². The highest BCUT2D eigenvalue weighted by Crippen LogP contribution is 2.40. The van der Waals surface area contributed by atoms with Crippen molar-refractivity contribution in [3.63, 3.8) is 0 Å². The van der Waals surface area contributed by atoms with Crippen LogP contribution in [0.25, 0.3) is 0 Å². The standard InChI is InChI=1S/C23H24BF3N2O4/c1-13-9-15(19-11-22(4,33-29-19)23(25,26)27)6-7-16(13)20(30)28-12-14-5-8-17-18(10-14)24(31)32-21(17,2)3/h5-10,31H,11-12H2,1-4H3,(H,28,30)/t22-/m0/s1. The predicted octanol–water partition coefficient (Wildman–Crippen LogP) is 3.32. The van der Waals surface area contributed by atoms with Crippen molar-refractivity contribution in [2.24, 2.45) is 5.16 Å². The summed E-state index contributed by atoms with van der Waals surface area (Å²) in [5, 5.41) is 16.6. The van der Waals surface area contributed by atoms with Gasteiger partial charge in [-0.25, -0.2) is 0 Å². The summed E-state index contributed by atoms with van der Waals surface area (Å²) >= 11 is 0. The van der Waals surface area contributed by atoms with Gasteiger partial charge in [0.1, 0.15) is 0 Å². The number of oxime groups is 1. The van der Waals surface area contributed by atoms with Crippen molar-refractivity contribution in [3.8, 4) is 0 Å². The van der Waals surface area contributed by atoms with Crippen LogP contribution in [-0.4, -0.2) is 35.5 Å². The fraction of sp³-hybridized carbons (Fsp3) is 0.391. The molecule has 0 unspecified atom stereocenters. The van der Waals surface area contributed by atoms with Crippen LogP contribution in [0.4, 0.5) is 13.2 Å². The number of aryl methyl sites for hydroxylation is 1. The second-order valence-corrected chi connectivity index (χ2v) is 9.15. The smallest absolute Gasteiger partial charge is 0.423 e. The zero-order valence-corrected chi connectivity index (χ0v) is 18.7. The van der Waals surface area contributed by atoms with Crippen LogP contribution in [-0.2, 0) is 21.6 Å². The Morgan fingerprint density at radius 3 is 2.58 bits per heavy atom. The molecule has 0 saturated heterocycles. The lowest BCUT2D eigenvalue weighted by molar-refractivity contribution is -0.261. The number of halogens is 3. The van der Waals surface area contributed by atoms with Crippen molar-refractivity contribution in [3.05, 3.63) is 64.2 Å². The van der Waals surface area contributed by atoms with Crippen LogP contribution in [0.3, 0.4) is 0 Å². The lowest BCUT2D eigenvalue weighted by Crippen LogP contribution is -2.42. The zero-order chi connectivity index (χ0) is 24.2. The number of alkyl halides is 3. The first-order valence-electron chi connectivity index (χ1n) is 10.5. The Bertz CT molecular complexity index is 1150. The molecular weight excluding hydrogens is 436 g/mol. The summed E-state index contributed by atoms with van der Waals surface area (Å²) in [5.41, 5.74) is 1.13. The zero-order valence-electron chi connectivity index (χ0n) is 18.7. The van der Waals surface area contributed by atoms with E-state index in [2.05, 4.69) is 15.3 Å². The molecule has 2 aliphatic heterocycles. The molecule has 0 aromatic heterocycles. The highest BCUT2D eigenvalue weighted by atomic mass is 19.4. The summed E-state index contributed by atoms with van der Waals surface area (Å²) in [5.74, 6) is -0.318. The maximum atomic E-state index is 13.2. The number of hydrogen-bond donors (Lipinski definition) is 2. The van der Waals surface area contributed by atoms with Crippen molar-refractivity contribution in [2.75, 3.05) is 0 Å². The van der Waals surface area contributed by atoms with Gasteiger partial charge in [0.15, 0.2) is 0 Å². The van der Waals surface area contributed by atoms with E-state index >= 15 is 0 Å². The van der Waals surface area contributed by atoms with E-state index in [1.54, 1.807) is 31.2 Å². The number of hydrogen-bond acceptors (Lipinski definition) is 5. The van der Waals surface area contributed by atoms with Crippen molar-refractivity contribution in [1.82, 2.24) is 5.32 Å². The van der Waals surface area contributed by atoms with Crippen molar-refractivity contribution < 1.29 is 32.5 Å². The molecule has 2 aromatic carbocycles. The van der Waals surface area contributed by atoms with Gasteiger partial charge >= 0.3 is 13.3 Å². The average molecular weight is 460 g/mol. The Kier molecular flexibility index (Phi) is 5.57. The van der Waals surface area contributed by atoms with E-state index in [0.29, 0.717) is 22.2 Å². The van der Waals surface area contributed by atoms with Crippen LogP contribution in [0.1, 0.15) is 59.8 Å². The largest absolute Gasteiger partial charge is 0.492 e. The lowest BCUT2D eigenvalue weighted by Gasteiger charge is -2.24. The van der Waals surface area contributed by atoms with Gasteiger partial charge < -0.3 is 19.8 Å². The minimum Gasteiger partial charge on any atom is -0.423 e. The van der Waals surface area contributed by atoms with Crippen LogP contribution in [0, 0.1) is 6.92 Å². The number of nitrogens with zero attached hydrogens (tertiary/aromatic N) is 1. The first-order chi connectivity index (χ1) is 15.3. The van der Waals surface area contributed by atoms with Gasteiger partial charge in [0, 0.05) is 18.5 Å². The molecule has 0 aliphatic carbocycles. The first kappa shape index (κ1) is 23.3. The van der Waals surface area contributed by atoms with Gasteiger partial charge in [-0.2, -0.15) is 13.2 Å². The van der Waals surface area contributed by atoms with E-state index in [1.165, 1.54) is 0 Å². The molecule has 2 N–H and O–H groups in total. The number of benzene rings is 2. The van der Waals surface area contributed by atoms with E-state index in [4.69, 9.17) is 4.65 Å². The predicted molar refractivity (Wildman–Crippen MR) is 117 cm³/mol. The number of rotatable bonds is 4. The number of amides is 1. The lowest BCUT2D eigenvalue weighted by atomic mass is 9.77. The van der Waals surface area contributed by atoms with Crippen molar-refractivity contribution >= 4 is 24.2 Å². The molecule has 6 nitrogen and oxygen atoms in total. The van der Waals surface area contributed by atoms with Crippen LogP contribution >= 0.6 is 0 Å². The summed E-state index contributed by atoms with van der Waals surface area (Å²) in [6.07, 6.45) is -4.94. The molecule has 2 heterocycles. The van der Waals surface area contributed by atoms with E-state index in [1.807, 2.05) is 26.0 Å². The molecule has 0 spiro atoms. The normalized spacial score (nSPS) is 21.5.